The fourth-order valence-corrected chi connectivity index (χ4v) is 27.9. The summed E-state index contributed by atoms with van der Waals surface area (Å²) in [6.45, 7) is 45.5. The molecular formula is C95H115F2N5O13. The first-order valence-corrected chi connectivity index (χ1v) is 42.0. The highest BCUT2D eigenvalue weighted by Crippen LogP contribution is 2.70. The van der Waals surface area contributed by atoms with Crippen molar-refractivity contribution >= 4 is 53.1 Å². The van der Waals surface area contributed by atoms with Gasteiger partial charge in [0.05, 0.1) is 51.7 Å². The lowest BCUT2D eigenvalue weighted by atomic mass is 9.44. The van der Waals surface area contributed by atoms with Gasteiger partial charge in [0.25, 0.3) is 0 Å². The number of carbonyl (C=O) groups is 9. The number of aldehydes is 2. The predicted octanol–water partition coefficient (Wildman–Crippen LogP) is 18.0. The standard InChI is InChI=1S/C19H24FNO2.C19H22FNO2.C19H25NO3.C19H23NO3.C19H21NO3/c1-18(2)16-5-4-14-11(9-20)6-13(22)7-15(14)19(16,3)8-12-10-21-23-17(12)18;1-17(2)14-6-8-19(11-20)7-5-12(22)9-15(19)18(14,3)10-13(21-4)16(17)23;2*1-17(2)14-5-7-19(11-21)6-4-13(22)8-15(19)18(14,3)9-12-10-20-23-16(12)17;1-17(2)14-6-8-19(11-21)7-5-12(22)9-15(19)18(14,3)10-13(20-4)16(17)23/h7,10-11,14,16H,4-6,8-9H2,1-3H3;9-10,14H,5-8,11H2,1-3H3;8,10,14,21H,4-7,9,11H2,1-3H3;8,10-11,14H,4-7,9H2,1-3H3;9-11,14H,5-8H2,1-3H3/t11-,14?,16-,19+;4*14-,18-,19+/m00000/s1. The number of ketones is 7. The Balaban J connectivity index is 0.000000119. The fourth-order valence-electron chi connectivity index (χ4n) is 27.9. The molecule has 16 atom stereocenters. The molecule has 0 spiro atoms. The zero-order valence-electron chi connectivity index (χ0n) is 70.0. The highest BCUT2D eigenvalue weighted by Gasteiger charge is 2.66. The Bertz CT molecular complexity index is 4950. The SMILES string of the molecule is CC1(C)c2oncc2C[C@]2(C)C3=CC(=O)CC[C@]3(C=O)CC[C@@H]12.CC1(C)c2oncc2C[C@]2(C)C3=CC(=O)CC[C@]3(CO)CC[C@@H]12.CC1(C)c2oncc2C[C@]2(C)C3=CC(=O)C[C@@H](CF)C3CC[C@@H]12.[C-]#[N+]C1=C[C@]2(C)C3=CC(=O)CC[C@]3(C=O)CC[C@H]2C(C)(C)C1=O.[C-]#[N+]C1=C[C@]2(C)C3=CC(=O)CC[C@]3(CF)CC[C@H]2C(C)(C)C1=O. The molecule has 0 bridgehead atoms. The summed E-state index contributed by atoms with van der Waals surface area (Å²) in [5, 5.41) is 22.2. The fraction of sp³-hybridized carbons (Fsp3) is 0.642. The maximum Gasteiger partial charge on any atom is 0.226 e. The van der Waals surface area contributed by atoms with Crippen LogP contribution >= 0.6 is 0 Å². The number of nitrogens with zero attached hydrogens (tertiary/aromatic N) is 5. The van der Waals surface area contributed by atoms with E-state index in [2.05, 4.69) is 87.5 Å². The number of rotatable bonds is 5. The molecule has 15 aliphatic carbocycles. The van der Waals surface area contributed by atoms with Gasteiger partial charge in [0, 0.05) is 114 Å². The number of fused-ring (bicyclic) bond motifs is 18. The Labute approximate surface area is 675 Å². The number of hydrogen-bond acceptors (Lipinski definition) is 16. The molecule has 5 fully saturated rings. The van der Waals surface area contributed by atoms with E-state index in [0.29, 0.717) is 82.0 Å². The van der Waals surface area contributed by atoms with Gasteiger partial charge in [0.2, 0.25) is 11.4 Å². The van der Waals surface area contributed by atoms with E-state index in [0.717, 1.165) is 140 Å². The second kappa shape index (κ2) is 28.4. The molecule has 115 heavy (non-hydrogen) atoms. The Morgan fingerprint density at radius 1 is 0.443 bits per heavy atom. The third-order valence-electron chi connectivity index (χ3n) is 33.3. The molecule has 0 aromatic carbocycles. The van der Waals surface area contributed by atoms with Crippen molar-refractivity contribution in [1.82, 2.24) is 15.5 Å². The molecule has 3 heterocycles. The topological polar surface area (TPSA) is 261 Å². The van der Waals surface area contributed by atoms with Gasteiger partial charge >= 0.3 is 0 Å². The van der Waals surface area contributed by atoms with Crippen LogP contribution in [0.1, 0.15) is 260 Å². The molecule has 5 saturated carbocycles. The Hall–Kier alpha value is -8.36. The minimum atomic E-state index is -0.673. The summed E-state index contributed by atoms with van der Waals surface area (Å²) in [6.07, 6.45) is 35.6. The molecule has 0 aliphatic heterocycles. The van der Waals surface area contributed by atoms with E-state index in [1.54, 1.807) is 36.6 Å². The average Bonchev–Trinajstić information content (AvgIpc) is 1.70. The van der Waals surface area contributed by atoms with Crippen LogP contribution in [0.15, 0.2) is 114 Å². The first kappa shape index (κ1) is 83.1. The van der Waals surface area contributed by atoms with E-state index < -0.39 is 51.3 Å². The van der Waals surface area contributed by atoms with Gasteiger partial charge in [0.1, 0.15) is 29.9 Å². The van der Waals surface area contributed by atoms with E-state index in [1.807, 2.05) is 66.1 Å². The number of hydrogen-bond donors (Lipinski definition) is 1. The van der Waals surface area contributed by atoms with Crippen LogP contribution in [-0.2, 0) is 78.7 Å². The summed E-state index contributed by atoms with van der Waals surface area (Å²) in [7, 11) is 0. The number of aliphatic hydroxyl groups excluding tert-OH is 1. The lowest BCUT2D eigenvalue weighted by Gasteiger charge is -2.59. The number of carbonyl (C=O) groups excluding carboxylic acids is 9. The number of Topliss-reactive ketones (excluding diaryl/α,β-unsaturated/α-hetero) is 2. The van der Waals surface area contributed by atoms with Crippen molar-refractivity contribution < 1.29 is 70.6 Å². The molecule has 612 valence electrons. The second-order valence-electron chi connectivity index (χ2n) is 41.2. The van der Waals surface area contributed by atoms with Gasteiger partial charge in [-0.25, -0.2) is 9.69 Å². The number of alkyl halides is 2. The average molecular weight is 1570 g/mol. The Morgan fingerprint density at radius 3 is 1.29 bits per heavy atom. The zero-order valence-corrected chi connectivity index (χ0v) is 70.0. The molecule has 18 rings (SSSR count). The van der Waals surface area contributed by atoms with Crippen molar-refractivity contribution in [2.24, 2.45) is 101 Å². The molecule has 1 N–H and O–H groups in total. The van der Waals surface area contributed by atoms with E-state index >= 15 is 0 Å². The van der Waals surface area contributed by atoms with Crippen molar-refractivity contribution in [3.05, 3.63) is 157 Å². The van der Waals surface area contributed by atoms with Crippen molar-refractivity contribution in [3.63, 3.8) is 0 Å². The van der Waals surface area contributed by atoms with E-state index in [9.17, 15) is 57.0 Å². The van der Waals surface area contributed by atoms with Crippen molar-refractivity contribution in [3.8, 4) is 0 Å². The van der Waals surface area contributed by atoms with Crippen LogP contribution < -0.4 is 0 Å². The van der Waals surface area contributed by atoms with Gasteiger partial charge in [-0.15, -0.1) is 0 Å². The minimum Gasteiger partial charge on any atom is -0.395 e. The highest BCUT2D eigenvalue weighted by atomic mass is 19.1. The quantitative estimate of drug-likeness (QED) is 0.184. The third kappa shape index (κ3) is 12.5. The summed E-state index contributed by atoms with van der Waals surface area (Å²) in [5.41, 5.74) is 3.58. The van der Waals surface area contributed by atoms with Crippen molar-refractivity contribution in [2.45, 2.75) is 261 Å². The van der Waals surface area contributed by atoms with E-state index in [4.69, 9.17) is 26.7 Å². The molecule has 15 aliphatic rings. The van der Waals surface area contributed by atoms with Crippen LogP contribution in [-0.4, -0.2) is 93.6 Å². The summed E-state index contributed by atoms with van der Waals surface area (Å²) < 4.78 is 44.2. The summed E-state index contributed by atoms with van der Waals surface area (Å²) in [6, 6.07) is 0. The number of halogens is 2. The number of allylic oxidation sites excluding steroid dienone is 13. The molecule has 0 radical (unpaired) electrons. The van der Waals surface area contributed by atoms with Gasteiger partial charge in [-0.1, -0.05) is 143 Å². The van der Waals surface area contributed by atoms with Gasteiger partial charge in [-0.05, 0) is 208 Å². The first-order valence-electron chi connectivity index (χ1n) is 42.0. The number of aromatic nitrogens is 3. The first-order chi connectivity index (χ1) is 54.0. The lowest BCUT2D eigenvalue weighted by Crippen LogP contribution is -2.55. The monoisotopic (exact) mass is 1570 g/mol. The van der Waals surface area contributed by atoms with Crippen LogP contribution in [0.25, 0.3) is 9.69 Å². The van der Waals surface area contributed by atoms with E-state index in [-0.39, 0.29) is 120 Å². The van der Waals surface area contributed by atoms with Gasteiger partial charge in [0.15, 0.2) is 40.5 Å². The molecule has 0 amide bonds. The minimum absolute atomic E-state index is 0.00164. The number of aliphatic hydroxyl groups is 1. The third-order valence-corrected chi connectivity index (χ3v) is 33.3. The normalized spacial score (nSPS) is 38.5. The van der Waals surface area contributed by atoms with Crippen molar-refractivity contribution in [2.75, 3.05) is 20.0 Å². The molecule has 3 aromatic rings. The van der Waals surface area contributed by atoms with Gasteiger partial charge in [-0.2, -0.15) is 0 Å². The van der Waals surface area contributed by atoms with Gasteiger partial charge < -0.3 is 37.9 Å². The second-order valence-corrected chi connectivity index (χ2v) is 41.2. The smallest absolute Gasteiger partial charge is 0.226 e. The highest BCUT2D eigenvalue weighted by molar-refractivity contribution is 6.04. The van der Waals surface area contributed by atoms with Crippen LogP contribution in [0, 0.1) is 114 Å². The van der Waals surface area contributed by atoms with Crippen LogP contribution in [0.4, 0.5) is 8.78 Å². The van der Waals surface area contributed by atoms with Crippen LogP contribution in [0.5, 0.6) is 0 Å². The van der Waals surface area contributed by atoms with Crippen LogP contribution in [0.2, 0.25) is 0 Å². The Kier molecular flexibility index (Phi) is 20.6. The van der Waals surface area contributed by atoms with Gasteiger partial charge in [-0.3, -0.25) is 32.8 Å². The maximum atomic E-state index is 14.0. The molecule has 1 unspecified atom stereocenters. The maximum absolute atomic E-state index is 14.0. The largest absolute Gasteiger partial charge is 0.395 e. The Morgan fingerprint density at radius 2 is 0.826 bits per heavy atom. The molecule has 3 aromatic heterocycles. The molecule has 20 heteroatoms. The molecule has 18 nitrogen and oxygen atoms in total. The van der Waals surface area contributed by atoms with E-state index in [1.165, 1.54) is 11.1 Å². The lowest BCUT2D eigenvalue weighted by molar-refractivity contribution is -0.133. The van der Waals surface area contributed by atoms with Crippen LogP contribution in [0.3, 0.4) is 0 Å². The summed E-state index contributed by atoms with van der Waals surface area (Å²) >= 11 is 0. The predicted molar refractivity (Wildman–Crippen MR) is 426 cm³/mol. The zero-order chi connectivity index (χ0) is 83.4. The molecular weight excluding hydrogens is 1460 g/mol. The molecule has 0 saturated heterocycles. The summed E-state index contributed by atoms with van der Waals surface area (Å²) in [5.74, 6) is 4.43. The summed E-state index contributed by atoms with van der Waals surface area (Å²) in [4.78, 5) is 117. The van der Waals surface area contributed by atoms with Crippen molar-refractivity contribution in [1.29, 1.82) is 0 Å².